The summed E-state index contributed by atoms with van der Waals surface area (Å²) in [4.78, 5) is 10.6. The zero-order chi connectivity index (χ0) is 13.0. The van der Waals surface area contributed by atoms with Gasteiger partial charge in [-0.05, 0) is 35.9 Å². The second-order valence-electron chi connectivity index (χ2n) is 3.72. The smallest absolute Gasteiger partial charge is 0.151 e. The standard InChI is InChI=1S/C14H10ClFO2/c15-14-7-13(5-4-11(14)8-17)18-9-10-2-1-3-12(16)6-10/h1-8H,9H2. The van der Waals surface area contributed by atoms with Gasteiger partial charge in [-0.2, -0.15) is 0 Å². The highest BCUT2D eigenvalue weighted by molar-refractivity contribution is 6.33. The molecule has 92 valence electrons. The van der Waals surface area contributed by atoms with Gasteiger partial charge >= 0.3 is 0 Å². The lowest BCUT2D eigenvalue weighted by Gasteiger charge is -2.07. The quantitative estimate of drug-likeness (QED) is 0.784. The highest BCUT2D eigenvalue weighted by atomic mass is 35.5. The van der Waals surface area contributed by atoms with E-state index in [1.807, 2.05) is 0 Å². The van der Waals surface area contributed by atoms with Crippen LogP contribution in [0.25, 0.3) is 0 Å². The maximum absolute atomic E-state index is 12.9. The molecule has 0 atom stereocenters. The number of ether oxygens (including phenoxy) is 1. The Labute approximate surface area is 109 Å². The molecule has 2 nitrogen and oxygen atoms in total. The molecular weight excluding hydrogens is 255 g/mol. The molecule has 18 heavy (non-hydrogen) atoms. The zero-order valence-electron chi connectivity index (χ0n) is 9.40. The second kappa shape index (κ2) is 5.65. The van der Waals surface area contributed by atoms with Crippen molar-refractivity contribution in [3.8, 4) is 5.75 Å². The van der Waals surface area contributed by atoms with E-state index in [0.29, 0.717) is 22.6 Å². The zero-order valence-corrected chi connectivity index (χ0v) is 10.2. The van der Waals surface area contributed by atoms with Crippen molar-refractivity contribution in [3.63, 3.8) is 0 Å². The SMILES string of the molecule is O=Cc1ccc(OCc2cccc(F)c2)cc1Cl. The second-order valence-corrected chi connectivity index (χ2v) is 4.13. The fraction of sp³-hybridized carbons (Fsp3) is 0.0714. The topological polar surface area (TPSA) is 26.3 Å². The van der Waals surface area contributed by atoms with Gasteiger partial charge in [-0.15, -0.1) is 0 Å². The predicted molar refractivity (Wildman–Crippen MR) is 67.6 cm³/mol. The van der Waals surface area contributed by atoms with E-state index in [-0.39, 0.29) is 12.4 Å². The predicted octanol–water partition coefficient (Wildman–Crippen LogP) is 3.87. The molecule has 2 aromatic carbocycles. The lowest BCUT2D eigenvalue weighted by atomic mass is 10.2. The lowest BCUT2D eigenvalue weighted by Crippen LogP contribution is -1.96. The van der Waals surface area contributed by atoms with Crippen LogP contribution in [-0.4, -0.2) is 6.29 Å². The number of aldehydes is 1. The number of benzene rings is 2. The average molecular weight is 265 g/mol. The molecule has 0 N–H and O–H groups in total. The number of carbonyl (C=O) groups excluding carboxylic acids is 1. The third-order valence-electron chi connectivity index (χ3n) is 2.39. The van der Waals surface area contributed by atoms with Crippen molar-refractivity contribution in [2.45, 2.75) is 6.61 Å². The molecule has 0 spiro atoms. The Morgan fingerprint density at radius 2 is 2.06 bits per heavy atom. The van der Waals surface area contributed by atoms with E-state index in [4.69, 9.17) is 16.3 Å². The molecule has 0 radical (unpaired) electrons. The largest absolute Gasteiger partial charge is 0.489 e. The fourth-order valence-electron chi connectivity index (χ4n) is 1.49. The van der Waals surface area contributed by atoms with Crippen LogP contribution in [0.4, 0.5) is 4.39 Å². The van der Waals surface area contributed by atoms with Gasteiger partial charge in [0.1, 0.15) is 18.2 Å². The number of rotatable bonds is 4. The van der Waals surface area contributed by atoms with E-state index in [1.165, 1.54) is 12.1 Å². The van der Waals surface area contributed by atoms with Crippen LogP contribution in [0, 0.1) is 5.82 Å². The van der Waals surface area contributed by atoms with Crippen molar-refractivity contribution >= 4 is 17.9 Å². The molecule has 0 saturated carbocycles. The monoisotopic (exact) mass is 264 g/mol. The summed E-state index contributed by atoms with van der Waals surface area (Å²) in [5, 5.41) is 0.335. The Morgan fingerprint density at radius 1 is 1.22 bits per heavy atom. The summed E-state index contributed by atoms with van der Waals surface area (Å²) in [6.07, 6.45) is 0.679. The minimum atomic E-state index is -0.301. The minimum Gasteiger partial charge on any atom is -0.489 e. The highest BCUT2D eigenvalue weighted by Gasteiger charge is 2.02. The van der Waals surface area contributed by atoms with Crippen molar-refractivity contribution in [2.24, 2.45) is 0 Å². The van der Waals surface area contributed by atoms with Crippen molar-refractivity contribution in [2.75, 3.05) is 0 Å². The third kappa shape index (κ3) is 3.08. The Bertz CT molecular complexity index is 569. The van der Waals surface area contributed by atoms with Gasteiger partial charge in [-0.3, -0.25) is 4.79 Å². The van der Waals surface area contributed by atoms with Crippen LogP contribution in [0.1, 0.15) is 15.9 Å². The normalized spacial score (nSPS) is 10.1. The van der Waals surface area contributed by atoms with E-state index >= 15 is 0 Å². The van der Waals surface area contributed by atoms with E-state index in [2.05, 4.69) is 0 Å². The summed E-state index contributed by atoms with van der Waals surface area (Å²) in [5.41, 5.74) is 1.14. The number of carbonyl (C=O) groups is 1. The first-order valence-corrected chi connectivity index (χ1v) is 5.69. The van der Waals surface area contributed by atoms with Crippen LogP contribution < -0.4 is 4.74 Å². The lowest BCUT2D eigenvalue weighted by molar-refractivity contribution is 0.112. The molecule has 0 fully saturated rings. The van der Waals surface area contributed by atoms with Crippen LogP contribution in [0.3, 0.4) is 0 Å². The van der Waals surface area contributed by atoms with Crippen molar-refractivity contribution in [1.82, 2.24) is 0 Å². The molecule has 0 aliphatic carbocycles. The van der Waals surface area contributed by atoms with Gasteiger partial charge < -0.3 is 4.74 Å². The summed E-state index contributed by atoms with van der Waals surface area (Å²) in [7, 11) is 0. The Morgan fingerprint density at radius 3 is 2.72 bits per heavy atom. The van der Waals surface area contributed by atoms with Gasteiger partial charge in [-0.25, -0.2) is 4.39 Å². The Hall–Kier alpha value is -1.87. The molecule has 0 heterocycles. The summed E-state index contributed by atoms with van der Waals surface area (Å²) in [6, 6.07) is 11.0. The molecule has 0 unspecified atom stereocenters. The van der Waals surface area contributed by atoms with Crippen LogP contribution in [-0.2, 0) is 6.61 Å². The van der Waals surface area contributed by atoms with Crippen molar-refractivity contribution in [1.29, 1.82) is 0 Å². The number of halogens is 2. The number of hydrogen-bond donors (Lipinski definition) is 0. The van der Waals surface area contributed by atoms with Crippen LogP contribution in [0.2, 0.25) is 5.02 Å². The summed E-state index contributed by atoms with van der Waals surface area (Å²) in [5.74, 6) is 0.236. The van der Waals surface area contributed by atoms with Gasteiger partial charge in [-0.1, -0.05) is 23.7 Å². The molecule has 0 aliphatic rings. The number of hydrogen-bond acceptors (Lipinski definition) is 2. The van der Waals surface area contributed by atoms with Crippen molar-refractivity contribution in [3.05, 3.63) is 64.4 Å². The first-order valence-electron chi connectivity index (χ1n) is 5.31. The van der Waals surface area contributed by atoms with Crippen molar-refractivity contribution < 1.29 is 13.9 Å². The van der Waals surface area contributed by atoms with E-state index in [1.54, 1.807) is 30.3 Å². The van der Waals surface area contributed by atoms with E-state index in [9.17, 15) is 9.18 Å². The fourth-order valence-corrected chi connectivity index (χ4v) is 1.70. The highest BCUT2D eigenvalue weighted by Crippen LogP contribution is 2.22. The van der Waals surface area contributed by atoms with Gasteiger partial charge in [0.15, 0.2) is 6.29 Å². The van der Waals surface area contributed by atoms with Gasteiger partial charge in [0.25, 0.3) is 0 Å². The maximum atomic E-state index is 12.9. The molecule has 4 heteroatoms. The minimum absolute atomic E-state index is 0.245. The first kappa shape index (κ1) is 12.6. The maximum Gasteiger partial charge on any atom is 0.151 e. The Kier molecular flexibility index (Phi) is 3.95. The van der Waals surface area contributed by atoms with Gasteiger partial charge in [0.2, 0.25) is 0 Å². The van der Waals surface area contributed by atoms with Crippen LogP contribution >= 0.6 is 11.6 Å². The molecule has 0 aromatic heterocycles. The molecule has 2 rings (SSSR count). The van der Waals surface area contributed by atoms with E-state index < -0.39 is 0 Å². The third-order valence-corrected chi connectivity index (χ3v) is 2.72. The molecule has 0 saturated heterocycles. The molecular formula is C14H10ClFO2. The summed E-state index contributed by atoms with van der Waals surface area (Å²) < 4.78 is 18.4. The molecule has 2 aromatic rings. The van der Waals surface area contributed by atoms with Gasteiger partial charge in [0, 0.05) is 5.56 Å². The molecule has 0 aliphatic heterocycles. The first-order chi connectivity index (χ1) is 8.69. The Balaban J connectivity index is 2.06. The van der Waals surface area contributed by atoms with Gasteiger partial charge in [0.05, 0.1) is 5.02 Å². The van der Waals surface area contributed by atoms with E-state index in [0.717, 1.165) is 5.56 Å². The average Bonchev–Trinajstić information content (AvgIpc) is 2.37. The summed E-state index contributed by atoms with van der Waals surface area (Å²) in [6.45, 7) is 0.245. The van der Waals surface area contributed by atoms with Crippen LogP contribution in [0.15, 0.2) is 42.5 Å². The molecule has 0 bridgehead atoms. The summed E-state index contributed by atoms with van der Waals surface area (Å²) >= 11 is 5.87. The van der Waals surface area contributed by atoms with Crippen LogP contribution in [0.5, 0.6) is 5.75 Å². The molecule has 0 amide bonds.